The molecule has 0 spiro atoms. The number of amides is 1. The molecule has 1 saturated carbocycles. The molecule has 4 rings (SSSR count). The van der Waals surface area contributed by atoms with Crippen LogP contribution in [0.25, 0.3) is 11.4 Å². The van der Waals surface area contributed by atoms with Gasteiger partial charge in [0.05, 0.1) is 30.1 Å². The normalized spacial score (nSPS) is 13.1. The van der Waals surface area contributed by atoms with Gasteiger partial charge < -0.3 is 15.4 Å². The summed E-state index contributed by atoms with van der Waals surface area (Å²) in [6.45, 7) is 0. The Hall–Kier alpha value is -3.26. The summed E-state index contributed by atoms with van der Waals surface area (Å²) in [4.78, 5) is 25.1. The van der Waals surface area contributed by atoms with Crippen molar-refractivity contribution in [3.63, 3.8) is 0 Å². The average Bonchev–Trinajstić information content (AvgIpc) is 3.54. The molecule has 1 aliphatic carbocycles. The molecule has 1 aromatic carbocycles. The summed E-state index contributed by atoms with van der Waals surface area (Å²) >= 11 is 5.98. The Morgan fingerprint density at radius 1 is 1.28 bits per heavy atom. The Morgan fingerprint density at radius 3 is 2.86 bits per heavy atom. The zero-order valence-corrected chi connectivity index (χ0v) is 16.2. The molecule has 1 fully saturated rings. The van der Waals surface area contributed by atoms with Crippen molar-refractivity contribution >= 4 is 29.0 Å². The molecule has 2 N–H and O–H groups in total. The highest BCUT2D eigenvalue weighted by Crippen LogP contribution is 2.31. The number of rotatable bonds is 6. The largest absolute Gasteiger partial charge is 0.491 e. The van der Waals surface area contributed by atoms with Gasteiger partial charge in [0.1, 0.15) is 5.82 Å². The molecule has 2 heterocycles. The monoisotopic (exact) mass is 413 g/mol. The second-order valence-corrected chi connectivity index (χ2v) is 6.97. The number of pyridine rings is 1. The number of halogens is 2. The number of methoxy groups -OCH3 is 1. The van der Waals surface area contributed by atoms with E-state index in [0.717, 1.165) is 12.8 Å². The second kappa shape index (κ2) is 8.00. The Balaban J connectivity index is 1.70. The predicted octanol–water partition coefficient (Wildman–Crippen LogP) is 3.98. The minimum absolute atomic E-state index is 0.131. The van der Waals surface area contributed by atoms with E-state index in [1.165, 1.54) is 37.7 Å². The van der Waals surface area contributed by atoms with Crippen LogP contribution in [0.3, 0.4) is 0 Å². The van der Waals surface area contributed by atoms with Crippen molar-refractivity contribution in [3.8, 4) is 17.1 Å². The van der Waals surface area contributed by atoms with E-state index in [-0.39, 0.29) is 29.2 Å². The first-order valence-corrected chi connectivity index (χ1v) is 9.31. The summed E-state index contributed by atoms with van der Waals surface area (Å²) in [5.74, 6) is 0.0209. The average molecular weight is 414 g/mol. The van der Waals surface area contributed by atoms with E-state index >= 15 is 0 Å². The third-order valence-corrected chi connectivity index (χ3v) is 4.61. The first kappa shape index (κ1) is 19.1. The Labute approximate surface area is 171 Å². The minimum Gasteiger partial charge on any atom is -0.491 e. The van der Waals surface area contributed by atoms with Gasteiger partial charge in [-0.2, -0.15) is 0 Å². The van der Waals surface area contributed by atoms with Gasteiger partial charge in [0.25, 0.3) is 5.91 Å². The summed E-state index contributed by atoms with van der Waals surface area (Å²) in [7, 11) is 1.47. The van der Waals surface area contributed by atoms with Gasteiger partial charge in [-0.1, -0.05) is 11.6 Å². The fourth-order valence-electron chi connectivity index (χ4n) is 2.71. The van der Waals surface area contributed by atoms with Crippen molar-refractivity contribution in [2.75, 3.05) is 12.4 Å². The van der Waals surface area contributed by atoms with E-state index in [0.29, 0.717) is 22.0 Å². The van der Waals surface area contributed by atoms with E-state index in [2.05, 4.69) is 25.6 Å². The van der Waals surface area contributed by atoms with E-state index in [1.807, 2.05) is 0 Å². The number of nitrogens with zero attached hydrogens (tertiary/aromatic N) is 3. The molecule has 7 nitrogen and oxygen atoms in total. The quantitative estimate of drug-likeness (QED) is 0.635. The van der Waals surface area contributed by atoms with Crippen molar-refractivity contribution in [3.05, 3.63) is 59.3 Å². The van der Waals surface area contributed by atoms with Gasteiger partial charge in [0, 0.05) is 23.5 Å². The lowest BCUT2D eigenvalue weighted by molar-refractivity contribution is 0.0951. The van der Waals surface area contributed by atoms with Crippen LogP contribution in [-0.4, -0.2) is 34.0 Å². The van der Waals surface area contributed by atoms with Crippen LogP contribution in [0, 0.1) is 5.82 Å². The maximum Gasteiger partial charge on any atom is 0.255 e. The third kappa shape index (κ3) is 4.27. The summed E-state index contributed by atoms with van der Waals surface area (Å²) in [5, 5.41) is 6.37. The molecule has 3 aromatic rings. The van der Waals surface area contributed by atoms with Crippen LogP contribution >= 0.6 is 11.6 Å². The highest BCUT2D eigenvalue weighted by Gasteiger charge is 2.25. The van der Waals surface area contributed by atoms with Gasteiger partial charge in [-0.05, 0) is 37.1 Å². The van der Waals surface area contributed by atoms with Crippen LogP contribution in [0.4, 0.5) is 15.9 Å². The summed E-state index contributed by atoms with van der Waals surface area (Å²) in [5.41, 5.74) is 1.02. The van der Waals surface area contributed by atoms with Gasteiger partial charge >= 0.3 is 0 Å². The van der Waals surface area contributed by atoms with Crippen LogP contribution in [-0.2, 0) is 0 Å². The zero-order valence-electron chi connectivity index (χ0n) is 15.4. The second-order valence-electron chi connectivity index (χ2n) is 6.53. The molecule has 0 bridgehead atoms. The Kier molecular flexibility index (Phi) is 5.26. The number of anilines is 2. The number of carbonyl (C=O) groups excluding carboxylic acids is 1. The molecule has 0 aliphatic heterocycles. The molecule has 0 radical (unpaired) electrons. The molecule has 0 saturated heterocycles. The lowest BCUT2D eigenvalue weighted by Gasteiger charge is -2.14. The van der Waals surface area contributed by atoms with Gasteiger partial charge in [-0.25, -0.2) is 14.4 Å². The van der Waals surface area contributed by atoms with Gasteiger partial charge in [0.15, 0.2) is 17.4 Å². The SMILES string of the molecule is COc1cnc(-c2cc(Cl)ccc2F)nc1Nc1ccncc1C(=O)NC1CC1. The zero-order chi connectivity index (χ0) is 20.4. The Bertz CT molecular complexity index is 1070. The van der Waals surface area contributed by atoms with Crippen LogP contribution in [0.15, 0.2) is 42.9 Å². The molecule has 1 aliphatic rings. The molecule has 1 amide bonds. The van der Waals surface area contributed by atoms with Crippen LogP contribution in [0.5, 0.6) is 5.75 Å². The summed E-state index contributed by atoms with van der Waals surface area (Å²) < 4.78 is 19.6. The van der Waals surface area contributed by atoms with Gasteiger partial charge in [-0.15, -0.1) is 0 Å². The van der Waals surface area contributed by atoms with Crippen LogP contribution < -0.4 is 15.4 Å². The highest BCUT2D eigenvalue weighted by molar-refractivity contribution is 6.30. The molecular weight excluding hydrogens is 397 g/mol. The van der Waals surface area contributed by atoms with Crippen molar-refractivity contribution in [2.45, 2.75) is 18.9 Å². The van der Waals surface area contributed by atoms with Crippen LogP contribution in [0.2, 0.25) is 5.02 Å². The van der Waals surface area contributed by atoms with Gasteiger partial charge in [0.2, 0.25) is 0 Å². The van der Waals surface area contributed by atoms with E-state index < -0.39 is 5.82 Å². The fourth-order valence-corrected chi connectivity index (χ4v) is 2.88. The standard InChI is InChI=1S/C20H17ClFN5O2/c1-29-17-10-24-18(13-8-11(21)2-5-15(13)22)27-19(17)26-16-6-7-23-9-14(16)20(28)25-12-3-4-12/h2,5-10,12H,3-4H2,1H3,(H,25,28)(H,23,24,26,27). The van der Waals surface area contributed by atoms with Crippen molar-refractivity contribution in [1.82, 2.24) is 20.3 Å². The number of aromatic nitrogens is 3. The molecular formula is C20H17ClFN5O2. The van der Waals surface area contributed by atoms with E-state index in [4.69, 9.17) is 16.3 Å². The van der Waals surface area contributed by atoms with Crippen LogP contribution in [0.1, 0.15) is 23.2 Å². The highest BCUT2D eigenvalue weighted by atomic mass is 35.5. The van der Waals surface area contributed by atoms with Crippen molar-refractivity contribution in [2.24, 2.45) is 0 Å². The maximum atomic E-state index is 14.2. The van der Waals surface area contributed by atoms with Crippen molar-refractivity contribution < 1.29 is 13.9 Å². The first-order chi connectivity index (χ1) is 14.0. The molecule has 29 heavy (non-hydrogen) atoms. The first-order valence-electron chi connectivity index (χ1n) is 8.93. The van der Waals surface area contributed by atoms with Crippen molar-refractivity contribution in [1.29, 1.82) is 0 Å². The van der Waals surface area contributed by atoms with Gasteiger partial charge in [-0.3, -0.25) is 9.78 Å². The number of ether oxygens (including phenoxy) is 1. The van der Waals surface area contributed by atoms with E-state index in [1.54, 1.807) is 12.3 Å². The number of benzene rings is 1. The maximum absolute atomic E-state index is 14.2. The minimum atomic E-state index is -0.501. The topological polar surface area (TPSA) is 89.0 Å². The third-order valence-electron chi connectivity index (χ3n) is 4.38. The number of hydrogen-bond acceptors (Lipinski definition) is 6. The molecule has 0 atom stereocenters. The molecule has 148 valence electrons. The molecule has 9 heteroatoms. The number of carbonyl (C=O) groups is 1. The Morgan fingerprint density at radius 2 is 2.10 bits per heavy atom. The lowest BCUT2D eigenvalue weighted by atomic mass is 10.2. The summed E-state index contributed by atoms with van der Waals surface area (Å²) in [6, 6.07) is 6.01. The van der Waals surface area contributed by atoms with E-state index in [9.17, 15) is 9.18 Å². The smallest absolute Gasteiger partial charge is 0.255 e. The predicted molar refractivity (Wildman–Crippen MR) is 107 cm³/mol. The fraction of sp³-hybridized carbons (Fsp3) is 0.200. The number of hydrogen-bond donors (Lipinski definition) is 2. The molecule has 2 aromatic heterocycles. The molecule has 0 unspecified atom stereocenters. The number of nitrogens with one attached hydrogen (secondary N) is 2. The lowest BCUT2D eigenvalue weighted by Crippen LogP contribution is -2.26. The summed E-state index contributed by atoms with van der Waals surface area (Å²) in [6.07, 6.45) is 6.41.